The van der Waals surface area contributed by atoms with Crippen molar-refractivity contribution in [2.45, 2.75) is 26.7 Å². The zero-order valence-corrected chi connectivity index (χ0v) is 17.2. The van der Waals surface area contributed by atoms with Crippen molar-refractivity contribution in [3.63, 3.8) is 0 Å². The normalized spacial score (nSPS) is 11.8. The molecule has 0 aliphatic rings. The lowest BCUT2D eigenvalue weighted by atomic mass is 10.3. The minimum absolute atomic E-state index is 0.285. The van der Waals surface area contributed by atoms with Crippen molar-refractivity contribution in [2.75, 3.05) is 25.0 Å². The fraction of sp³-hybridized carbons (Fsp3) is 0.438. The van der Waals surface area contributed by atoms with Crippen LogP contribution in [0.25, 0.3) is 18.8 Å². The van der Waals surface area contributed by atoms with Gasteiger partial charge < -0.3 is 10.2 Å². The third kappa shape index (κ3) is 3.01. The summed E-state index contributed by atoms with van der Waals surface area (Å²) in [5.41, 5.74) is 0. The van der Waals surface area contributed by atoms with Crippen molar-refractivity contribution >= 4 is 79.5 Å². The van der Waals surface area contributed by atoms with Gasteiger partial charge in [-0.3, -0.25) is 0 Å². The van der Waals surface area contributed by atoms with Gasteiger partial charge in [0.15, 0.2) is 29.2 Å². The first kappa shape index (κ1) is 17.9. The largest absolute Gasteiger partial charge is 0.516 e. The van der Waals surface area contributed by atoms with Crippen LogP contribution in [0.3, 0.4) is 0 Å². The van der Waals surface area contributed by atoms with Crippen LogP contribution in [0.4, 0.5) is 8.63 Å². The monoisotopic (exact) mass is 401 g/mol. The Balaban J connectivity index is 2.17. The highest BCUT2D eigenvalue weighted by Gasteiger charge is 2.36. The van der Waals surface area contributed by atoms with Crippen molar-refractivity contribution in [1.29, 1.82) is 0 Å². The molecule has 0 radical (unpaired) electrons. The minimum atomic E-state index is 0.285. The maximum Gasteiger partial charge on any atom is 0.516 e. The van der Waals surface area contributed by atoms with Crippen molar-refractivity contribution in [3.8, 4) is 11.5 Å². The number of nitrogens with zero attached hydrogens (tertiary/aromatic N) is 2. The van der Waals surface area contributed by atoms with Gasteiger partial charge in [0.1, 0.15) is 29.4 Å². The number of hydrogen-bond donors (Lipinski definition) is 2. The van der Waals surface area contributed by atoms with Crippen LogP contribution in [-0.4, -0.2) is 41.6 Å². The van der Waals surface area contributed by atoms with Gasteiger partial charge in [0.25, 0.3) is 0 Å². The van der Waals surface area contributed by atoms with E-state index in [0.717, 1.165) is 53.4 Å². The zero-order chi connectivity index (χ0) is 17.4. The average Bonchev–Trinajstić information content (AvgIpc) is 3.18. The van der Waals surface area contributed by atoms with Crippen LogP contribution >= 0.6 is 45.3 Å². The summed E-state index contributed by atoms with van der Waals surface area (Å²) < 4.78 is 7.09. The van der Waals surface area contributed by atoms with E-state index in [1.807, 2.05) is 11.6 Å². The van der Waals surface area contributed by atoms with Crippen molar-refractivity contribution in [3.05, 3.63) is 0 Å². The highest BCUT2D eigenvalue weighted by atomic mass is 32.2. The molecule has 0 atom stereocenters. The van der Waals surface area contributed by atoms with Crippen molar-refractivity contribution in [2.24, 2.45) is 0 Å². The Hall–Kier alpha value is -0.930. The summed E-state index contributed by atoms with van der Waals surface area (Å²) in [6.07, 6.45) is 2.07. The number of aromatic hydroxyl groups is 2. The highest BCUT2D eigenvalue weighted by Crippen LogP contribution is 2.55. The molecule has 0 fully saturated rings. The molecular weight excluding hydrogens is 380 g/mol. The average molecular weight is 402 g/mol. The molecule has 2 aromatic heterocycles. The van der Waals surface area contributed by atoms with Crippen LogP contribution in [0.5, 0.6) is 11.5 Å². The Bertz CT molecular complexity index is 859. The van der Waals surface area contributed by atoms with Gasteiger partial charge in [-0.25, -0.2) is 4.90 Å². The van der Waals surface area contributed by atoms with Crippen LogP contribution in [0, 0.1) is 0 Å². The molecule has 0 aliphatic carbocycles. The molecule has 0 saturated carbocycles. The fourth-order valence-electron chi connectivity index (χ4n) is 2.48. The molecule has 8 heteroatoms. The first-order valence-electron chi connectivity index (χ1n) is 7.84. The van der Waals surface area contributed by atoms with E-state index in [1.165, 1.54) is 22.7 Å². The number of rotatable bonds is 6. The van der Waals surface area contributed by atoms with Crippen LogP contribution in [0.1, 0.15) is 26.7 Å². The lowest BCUT2D eigenvalue weighted by Crippen LogP contribution is -2.15. The van der Waals surface area contributed by atoms with E-state index in [2.05, 4.69) is 25.5 Å². The maximum atomic E-state index is 10.8. The van der Waals surface area contributed by atoms with Gasteiger partial charge in [0.05, 0.1) is 0 Å². The van der Waals surface area contributed by atoms with Gasteiger partial charge in [-0.05, 0) is 13.5 Å². The quantitative estimate of drug-likeness (QED) is 0.237. The molecular formula is C16H21N2O2S4+3. The van der Waals surface area contributed by atoms with Gasteiger partial charge in [0.2, 0.25) is 30.3 Å². The summed E-state index contributed by atoms with van der Waals surface area (Å²) >= 11 is 6.09. The van der Waals surface area contributed by atoms with Crippen molar-refractivity contribution < 1.29 is 14.8 Å². The number of phenols is 2. The van der Waals surface area contributed by atoms with Crippen LogP contribution in [0.2, 0.25) is 0 Å². The third-order valence-corrected chi connectivity index (χ3v) is 9.16. The minimum Gasteiger partial charge on any atom is -0.502 e. The number of hydrogen-bond acceptors (Lipinski definition) is 5. The summed E-state index contributed by atoms with van der Waals surface area (Å²) in [6, 6.07) is 0. The number of fused-ring (bicyclic) bond motifs is 2. The highest BCUT2D eigenvalue weighted by molar-refractivity contribution is 7.47. The first-order valence-corrected chi connectivity index (χ1v) is 11.1. The van der Waals surface area contributed by atoms with Gasteiger partial charge in [-0.15, -0.1) is 4.58 Å². The molecule has 0 spiro atoms. The van der Waals surface area contributed by atoms with E-state index >= 15 is 0 Å². The summed E-state index contributed by atoms with van der Waals surface area (Å²) in [5, 5.41) is 21.5. The molecule has 1 aromatic carbocycles. The smallest absolute Gasteiger partial charge is 0.502 e. The van der Waals surface area contributed by atoms with Gasteiger partial charge in [-0.2, -0.15) is 0 Å². The fourth-order valence-corrected chi connectivity index (χ4v) is 7.63. The summed E-state index contributed by atoms with van der Waals surface area (Å²) in [6.45, 7) is 10.1. The van der Waals surface area contributed by atoms with Gasteiger partial charge in [0, 0.05) is 13.0 Å². The molecule has 3 rings (SSSR count). The predicted molar refractivity (Wildman–Crippen MR) is 111 cm³/mol. The number of phenolic OH excluding ortho intramolecular Hbond substituents is 2. The summed E-state index contributed by atoms with van der Waals surface area (Å²) in [4.78, 5) is 2.18. The number of benzene rings is 1. The summed E-state index contributed by atoms with van der Waals surface area (Å²) in [5.74, 6) is 0.570. The second-order valence-electron chi connectivity index (χ2n) is 5.64. The van der Waals surface area contributed by atoms with Crippen molar-refractivity contribution in [1.82, 2.24) is 0 Å². The standard InChI is InChI=1S/C16H19N2O2S4/c1-5-7-17(3)15-21-11-9(19)13-14(10(20)12(11)22-15)24-16(23-13)18(4)8-6-2/h3,5-8H2,1-2,4H3/q+1/p+2. The Kier molecular flexibility index (Phi) is 5.31. The molecule has 24 heavy (non-hydrogen) atoms. The second kappa shape index (κ2) is 7.13. The molecule has 2 N–H and O–H groups in total. The SMILES string of the molecule is C=[N+](CCC)c1sc2c(O)c3sc(N(C)CCC)[s+]c3c(O)c2[s+]1. The van der Waals surface area contributed by atoms with Crippen LogP contribution < -0.4 is 4.90 Å². The Labute approximate surface area is 157 Å². The first-order chi connectivity index (χ1) is 11.5. The molecule has 0 bridgehead atoms. The lowest BCUT2D eigenvalue weighted by molar-refractivity contribution is -0.422. The second-order valence-corrected chi connectivity index (χ2v) is 10.2. The molecule has 4 nitrogen and oxygen atoms in total. The molecule has 0 aliphatic heterocycles. The van der Waals surface area contributed by atoms with Gasteiger partial charge >= 0.3 is 8.63 Å². The Morgan fingerprint density at radius 2 is 1.71 bits per heavy atom. The van der Waals surface area contributed by atoms with E-state index < -0.39 is 0 Å². The molecule has 0 amide bonds. The lowest BCUT2D eigenvalue weighted by Gasteiger charge is -2.04. The van der Waals surface area contributed by atoms with Crippen LogP contribution in [-0.2, 0) is 0 Å². The molecule has 3 aromatic rings. The molecule has 2 heterocycles. The Morgan fingerprint density at radius 3 is 2.38 bits per heavy atom. The van der Waals surface area contributed by atoms with E-state index in [4.69, 9.17) is 0 Å². The van der Waals surface area contributed by atoms with E-state index in [9.17, 15) is 10.2 Å². The topological polar surface area (TPSA) is 46.7 Å². The molecule has 128 valence electrons. The third-order valence-electron chi connectivity index (χ3n) is 3.65. The number of anilines is 1. The summed E-state index contributed by atoms with van der Waals surface area (Å²) in [7, 11) is 2.05. The zero-order valence-electron chi connectivity index (χ0n) is 14.0. The molecule has 0 saturated heterocycles. The maximum absolute atomic E-state index is 10.8. The Morgan fingerprint density at radius 1 is 1.04 bits per heavy atom. The van der Waals surface area contributed by atoms with E-state index in [0.29, 0.717) is 0 Å². The van der Waals surface area contributed by atoms with Crippen LogP contribution in [0.15, 0.2) is 0 Å². The molecule has 0 unspecified atom stereocenters. The van der Waals surface area contributed by atoms with E-state index in [-0.39, 0.29) is 11.5 Å². The predicted octanol–water partition coefficient (Wildman–Crippen LogP) is 5.81. The van der Waals surface area contributed by atoms with Gasteiger partial charge in [-0.1, -0.05) is 13.8 Å². The van der Waals surface area contributed by atoms with E-state index in [1.54, 1.807) is 22.7 Å².